The smallest absolute Gasteiger partial charge is 0.124 e. The summed E-state index contributed by atoms with van der Waals surface area (Å²) in [5.74, 6) is 0. The summed E-state index contributed by atoms with van der Waals surface area (Å²) in [6.45, 7) is 4.69. The summed E-state index contributed by atoms with van der Waals surface area (Å²) in [5.41, 5.74) is 13.3. The molecule has 0 saturated carbocycles. The molecule has 1 aliphatic carbocycles. The van der Waals surface area contributed by atoms with Crippen molar-refractivity contribution in [1.29, 1.82) is 0 Å². The van der Waals surface area contributed by atoms with Gasteiger partial charge in [-0.2, -0.15) is 0 Å². The molecule has 0 radical (unpaired) electrons. The number of anilines is 3. The molecule has 1 aliphatic rings. The highest BCUT2D eigenvalue weighted by atomic mass is 32.1. The van der Waals surface area contributed by atoms with Crippen molar-refractivity contribution in [2.24, 2.45) is 0 Å². The molecule has 2 aromatic heterocycles. The molecular weight excluding hydrogens is 645 g/mol. The Kier molecular flexibility index (Phi) is 6.61. The van der Waals surface area contributed by atoms with Crippen LogP contribution in [0.4, 0.5) is 17.1 Å². The van der Waals surface area contributed by atoms with Gasteiger partial charge in [-0.25, -0.2) is 4.98 Å². The van der Waals surface area contributed by atoms with Gasteiger partial charge in [-0.15, -0.1) is 22.7 Å². The Bertz CT molecular complexity index is 2720. The van der Waals surface area contributed by atoms with Crippen molar-refractivity contribution >= 4 is 70.1 Å². The average Bonchev–Trinajstić information content (AvgIpc) is 3.81. The van der Waals surface area contributed by atoms with Crippen molar-refractivity contribution in [3.8, 4) is 32.8 Å². The van der Waals surface area contributed by atoms with Crippen LogP contribution in [0.1, 0.15) is 25.0 Å². The second kappa shape index (κ2) is 11.2. The molecule has 0 fully saturated rings. The summed E-state index contributed by atoms with van der Waals surface area (Å²) < 4.78 is 3.87. The zero-order chi connectivity index (χ0) is 33.4. The first kappa shape index (κ1) is 29.4. The first-order chi connectivity index (χ1) is 24.5. The Morgan fingerprint density at radius 2 is 1.10 bits per heavy atom. The number of thiophene rings is 1. The molecular formula is C46H32N2S2. The van der Waals surface area contributed by atoms with E-state index < -0.39 is 0 Å². The second-order valence-electron chi connectivity index (χ2n) is 13.6. The van der Waals surface area contributed by atoms with E-state index in [-0.39, 0.29) is 5.41 Å². The highest BCUT2D eigenvalue weighted by molar-refractivity contribution is 7.26. The largest absolute Gasteiger partial charge is 0.310 e. The molecule has 50 heavy (non-hydrogen) atoms. The maximum absolute atomic E-state index is 5.13. The molecule has 7 aromatic carbocycles. The zero-order valence-corrected chi connectivity index (χ0v) is 29.4. The molecule has 0 amide bonds. The van der Waals surface area contributed by atoms with Gasteiger partial charge in [0.05, 0.1) is 10.2 Å². The van der Waals surface area contributed by atoms with Gasteiger partial charge < -0.3 is 4.90 Å². The Labute approximate surface area is 299 Å². The topological polar surface area (TPSA) is 16.1 Å². The fourth-order valence-corrected chi connectivity index (χ4v) is 9.93. The minimum absolute atomic E-state index is 0.0811. The molecule has 0 aliphatic heterocycles. The van der Waals surface area contributed by atoms with Gasteiger partial charge >= 0.3 is 0 Å². The molecule has 0 N–H and O–H groups in total. The molecule has 2 heterocycles. The van der Waals surface area contributed by atoms with Crippen LogP contribution in [0, 0.1) is 0 Å². The van der Waals surface area contributed by atoms with Crippen LogP contribution in [0.3, 0.4) is 0 Å². The normalized spacial score (nSPS) is 13.2. The monoisotopic (exact) mass is 676 g/mol. The SMILES string of the molecule is CC1(C)c2ccccc2-c2ccc(N(c3ccc(-c4ccccc4)cc3)c3ccc(-c4nc5cc6c(cc5s4)sc4ccccc46)cc3)cc21. The number of hydrogen-bond donors (Lipinski definition) is 0. The first-order valence-electron chi connectivity index (χ1n) is 17.0. The predicted octanol–water partition coefficient (Wildman–Crippen LogP) is 13.8. The Morgan fingerprint density at radius 3 is 1.90 bits per heavy atom. The molecule has 0 atom stereocenters. The lowest BCUT2D eigenvalue weighted by Crippen LogP contribution is -2.16. The summed E-state index contributed by atoms with van der Waals surface area (Å²) in [7, 11) is 0. The van der Waals surface area contributed by atoms with Gasteiger partial charge in [-0.05, 0) is 100 Å². The molecule has 0 bridgehead atoms. The highest BCUT2D eigenvalue weighted by Gasteiger charge is 2.35. The van der Waals surface area contributed by atoms with Crippen molar-refractivity contribution in [1.82, 2.24) is 4.98 Å². The van der Waals surface area contributed by atoms with E-state index in [0.717, 1.165) is 33.1 Å². The third kappa shape index (κ3) is 4.63. The standard InChI is InChI=1S/C46H32N2S2/c1-46(2)39-14-8-6-12-35(39)36-25-24-34(26-40(36)46)48(32-20-16-30(17-21-32)29-10-4-3-5-11-29)33-22-18-31(19-23-33)45-47-41-27-38-37-13-7-9-15-42(37)49-43(38)28-44(41)50-45/h3-28H,1-2H3. The van der Waals surface area contributed by atoms with Crippen LogP contribution in [0.15, 0.2) is 158 Å². The quantitative estimate of drug-likeness (QED) is 0.180. The van der Waals surface area contributed by atoms with Gasteiger partial charge in [0.25, 0.3) is 0 Å². The van der Waals surface area contributed by atoms with Crippen LogP contribution < -0.4 is 4.90 Å². The van der Waals surface area contributed by atoms with Gasteiger partial charge in [0.2, 0.25) is 0 Å². The molecule has 0 saturated heterocycles. The van der Waals surface area contributed by atoms with Crippen LogP contribution >= 0.6 is 22.7 Å². The lowest BCUT2D eigenvalue weighted by atomic mass is 9.82. The fraction of sp³-hybridized carbons (Fsp3) is 0.0652. The minimum Gasteiger partial charge on any atom is -0.310 e. The number of nitrogens with zero attached hydrogens (tertiary/aromatic N) is 2. The van der Waals surface area contributed by atoms with Crippen LogP contribution in [0.5, 0.6) is 0 Å². The highest BCUT2D eigenvalue weighted by Crippen LogP contribution is 2.51. The van der Waals surface area contributed by atoms with Gasteiger partial charge in [-0.3, -0.25) is 0 Å². The molecule has 4 heteroatoms. The van der Waals surface area contributed by atoms with Gasteiger partial charge in [0, 0.05) is 48.2 Å². The minimum atomic E-state index is -0.0811. The van der Waals surface area contributed by atoms with Gasteiger partial charge in [0.1, 0.15) is 5.01 Å². The third-order valence-corrected chi connectivity index (χ3v) is 12.5. The fourth-order valence-electron chi connectivity index (χ4n) is 7.74. The van der Waals surface area contributed by atoms with Crippen molar-refractivity contribution in [2.75, 3.05) is 4.90 Å². The Hall–Kier alpha value is -5.55. The average molecular weight is 677 g/mol. The number of hydrogen-bond acceptors (Lipinski definition) is 4. The van der Waals surface area contributed by atoms with E-state index in [9.17, 15) is 0 Å². The van der Waals surface area contributed by atoms with Crippen molar-refractivity contribution in [2.45, 2.75) is 19.3 Å². The van der Waals surface area contributed by atoms with Crippen LogP contribution in [0.25, 0.3) is 63.2 Å². The van der Waals surface area contributed by atoms with Crippen LogP contribution in [0.2, 0.25) is 0 Å². The number of thiazole rings is 1. The number of aromatic nitrogens is 1. The molecule has 0 unspecified atom stereocenters. The first-order valence-corrected chi connectivity index (χ1v) is 18.7. The lowest BCUT2D eigenvalue weighted by Gasteiger charge is -2.28. The van der Waals surface area contributed by atoms with E-state index in [4.69, 9.17) is 4.98 Å². The van der Waals surface area contributed by atoms with Crippen molar-refractivity contribution in [3.05, 3.63) is 169 Å². The molecule has 2 nitrogen and oxygen atoms in total. The summed E-state index contributed by atoms with van der Waals surface area (Å²) in [6, 6.07) is 57.6. The zero-order valence-electron chi connectivity index (χ0n) is 27.7. The van der Waals surface area contributed by atoms with Crippen LogP contribution in [-0.2, 0) is 5.41 Å². The molecule has 10 rings (SSSR count). The summed E-state index contributed by atoms with van der Waals surface area (Å²) in [4.78, 5) is 7.52. The molecule has 9 aromatic rings. The van der Waals surface area contributed by atoms with Gasteiger partial charge in [-0.1, -0.05) is 105 Å². The van der Waals surface area contributed by atoms with Gasteiger partial charge in [0.15, 0.2) is 0 Å². The predicted molar refractivity (Wildman–Crippen MR) is 216 cm³/mol. The van der Waals surface area contributed by atoms with E-state index in [0.29, 0.717) is 0 Å². The van der Waals surface area contributed by atoms with E-state index in [1.54, 1.807) is 11.3 Å². The van der Waals surface area contributed by atoms with E-state index in [1.165, 1.54) is 58.3 Å². The van der Waals surface area contributed by atoms with Crippen molar-refractivity contribution < 1.29 is 0 Å². The Balaban J connectivity index is 1.06. The number of benzene rings is 7. The van der Waals surface area contributed by atoms with E-state index in [1.807, 2.05) is 11.3 Å². The summed E-state index contributed by atoms with van der Waals surface area (Å²) in [6.07, 6.45) is 0. The number of rotatable bonds is 5. The third-order valence-electron chi connectivity index (χ3n) is 10.3. The summed E-state index contributed by atoms with van der Waals surface area (Å²) in [5, 5.41) is 3.65. The molecule has 0 spiro atoms. The number of fused-ring (bicyclic) bond motifs is 7. The molecule has 238 valence electrons. The summed E-state index contributed by atoms with van der Waals surface area (Å²) >= 11 is 3.63. The lowest BCUT2D eigenvalue weighted by molar-refractivity contribution is 0.660. The van der Waals surface area contributed by atoms with E-state index in [2.05, 4.69) is 176 Å². The van der Waals surface area contributed by atoms with Crippen molar-refractivity contribution in [3.63, 3.8) is 0 Å². The maximum Gasteiger partial charge on any atom is 0.124 e. The maximum atomic E-state index is 5.13. The van der Waals surface area contributed by atoms with E-state index >= 15 is 0 Å². The van der Waals surface area contributed by atoms with Crippen LogP contribution in [-0.4, -0.2) is 4.98 Å². The second-order valence-corrected chi connectivity index (χ2v) is 15.7. The Morgan fingerprint density at radius 1 is 0.460 bits per heavy atom.